The molecule has 184 valence electrons. The average molecular weight is 490 g/mol. The average Bonchev–Trinajstić information content (AvgIpc) is 3.17. The van der Waals surface area contributed by atoms with Crippen molar-refractivity contribution in [3.8, 4) is 11.5 Å². The number of methoxy groups -OCH3 is 1. The summed E-state index contributed by atoms with van der Waals surface area (Å²) in [5, 5.41) is 0.0444. The zero-order valence-corrected chi connectivity index (χ0v) is 20.0. The quantitative estimate of drug-likeness (QED) is 0.364. The van der Waals surface area contributed by atoms with Crippen molar-refractivity contribution >= 4 is 22.8 Å². The number of fused-ring (bicyclic) bond motifs is 2. The van der Waals surface area contributed by atoms with E-state index in [0.717, 1.165) is 12.5 Å². The van der Waals surface area contributed by atoms with Crippen molar-refractivity contribution in [3.05, 3.63) is 87.8 Å². The summed E-state index contributed by atoms with van der Waals surface area (Å²) in [6.45, 7) is 4.74. The fourth-order valence-electron chi connectivity index (χ4n) is 4.26. The lowest BCUT2D eigenvalue weighted by atomic mass is 9.98. The Balaban J connectivity index is 1.68. The fraction of sp³-hybridized carbons (Fsp3) is 0.259. The summed E-state index contributed by atoms with van der Waals surface area (Å²) >= 11 is 0. The second-order valence-electron chi connectivity index (χ2n) is 8.88. The van der Waals surface area contributed by atoms with E-state index in [4.69, 9.17) is 13.9 Å². The molecule has 1 amide bonds. The highest BCUT2D eigenvalue weighted by atomic mass is 19.1. The Hall–Kier alpha value is -4.27. The summed E-state index contributed by atoms with van der Waals surface area (Å²) in [5.41, 5.74) is 0.264. The largest absolute Gasteiger partial charge is 0.493 e. The number of aromatic nitrogens is 2. The van der Waals surface area contributed by atoms with Gasteiger partial charge in [0.1, 0.15) is 11.4 Å². The molecule has 1 atom stereocenters. The number of amides is 1. The van der Waals surface area contributed by atoms with Crippen molar-refractivity contribution in [2.75, 3.05) is 18.6 Å². The maximum Gasteiger partial charge on any atom is 0.297 e. The first-order valence-electron chi connectivity index (χ1n) is 11.6. The van der Waals surface area contributed by atoms with E-state index in [-0.39, 0.29) is 28.2 Å². The highest BCUT2D eigenvalue weighted by Gasteiger charge is 2.45. The van der Waals surface area contributed by atoms with Gasteiger partial charge in [-0.3, -0.25) is 14.5 Å². The minimum Gasteiger partial charge on any atom is -0.493 e. The molecule has 0 fully saturated rings. The van der Waals surface area contributed by atoms with Crippen LogP contribution in [0, 0.1) is 11.7 Å². The smallest absolute Gasteiger partial charge is 0.297 e. The molecular weight excluding hydrogens is 465 g/mol. The minimum absolute atomic E-state index is 0.0444. The van der Waals surface area contributed by atoms with Crippen LogP contribution < -0.4 is 19.8 Å². The number of carbonyl (C=O) groups excluding carboxylic acids is 1. The SMILES string of the molecule is COc1cc(C2c3c(oc4ccc(F)cc4c3=O)C(=O)N2c2ncccn2)ccc1OCCC(C)C. The van der Waals surface area contributed by atoms with E-state index in [1.165, 1.54) is 36.5 Å². The standard InChI is InChI=1S/C27H24FN3O5/c1-15(2)9-12-35-20-7-5-16(13-21(20)34-3)23-22-24(32)18-14-17(28)6-8-19(18)36-25(22)26(33)31(23)27-29-10-4-11-30-27/h4-8,10-11,13-15,23H,9,12H2,1-3H3. The fourth-order valence-corrected chi connectivity index (χ4v) is 4.26. The van der Waals surface area contributed by atoms with Crippen LogP contribution in [0.1, 0.15) is 48.0 Å². The number of carbonyl (C=O) groups is 1. The first kappa shape index (κ1) is 23.5. The third-order valence-corrected chi connectivity index (χ3v) is 6.06. The monoisotopic (exact) mass is 489 g/mol. The van der Waals surface area contributed by atoms with Gasteiger partial charge in [-0.2, -0.15) is 0 Å². The van der Waals surface area contributed by atoms with E-state index in [1.807, 2.05) is 0 Å². The van der Waals surface area contributed by atoms with Crippen molar-refractivity contribution in [1.29, 1.82) is 0 Å². The molecule has 0 bridgehead atoms. The molecule has 36 heavy (non-hydrogen) atoms. The Labute approximate surface area is 206 Å². The van der Waals surface area contributed by atoms with Gasteiger partial charge in [-0.1, -0.05) is 19.9 Å². The Morgan fingerprint density at radius 2 is 1.86 bits per heavy atom. The topological polar surface area (TPSA) is 94.8 Å². The van der Waals surface area contributed by atoms with E-state index < -0.39 is 23.2 Å². The summed E-state index contributed by atoms with van der Waals surface area (Å²) in [6.07, 6.45) is 3.88. The van der Waals surface area contributed by atoms with Crippen LogP contribution in [-0.4, -0.2) is 29.6 Å². The molecule has 2 aromatic heterocycles. The second kappa shape index (κ2) is 9.41. The van der Waals surface area contributed by atoms with Crippen molar-refractivity contribution in [2.24, 2.45) is 5.92 Å². The molecule has 0 aliphatic carbocycles. The summed E-state index contributed by atoms with van der Waals surface area (Å²) in [6, 6.07) is 9.53. The molecule has 1 unspecified atom stereocenters. The van der Waals surface area contributed by atoms with E-state index in [0.29, 0.717) is 29.6 Å². The molecule has 8 nitrogen and oxygen atoms in total. The summed E-state index contributed by atoms with van der Waals surface area (Å²) in [5.74, 6) is 0.292. The van der Waals surface area contributed by atoms with Crippen molar-refractivity contribution in [2.45, 2.75) is 26.3 Å². The Kier molecular flexibility index (Phi) is 6.13. The molecule has 0 spiro atoms. The van der Waals surface area contributed by atoms with Gasteiger partial charge in [-0.25, -0.2) is 14.4 Å². The highest BCUT2D eigenvalue weighted by Crippen LogP contribution is 2.42. The molecule has 0 saturated heterocycles. The first-order valence-corrected chi connectivity index (χ1v) is 11.6. The minimum atomic E-state index is -0.919. The van der Waals surface area contributed by atoms with Gasteiger partial charge in [0.05, 0.1) is 30.7 Å². The van der Waals surface area contributed by atoms with Crippen LogP contribution in [0.2, 0.25) is 0 Å². The van der Waals surface area contributed by atoms with Gasteiger partial charge in [-0.15, -0.1) is 0 Å². The van der Waals surface area contributed by atoms with Gasteiger partial charge in [0, 0.05) is 12.4 Å². The van der Waals surface area contributed by atoms with Gasteiger partial charge < -0.3 is 13.9 Å². The first-order chi connectivity index (χ1) is 17.4. The van der Waals surface area contributed by atoms with Crippen LogP contribution >= 0.6 is 0 Å². The number of halogens is 1. The summed E-state index contributed by atoms with van der Waals surface area (Å²) < 4.78 is 31.3. The lowest BCUT2D eigenvalue weighted by Gasteiger charge is -2.24. The molecular formula is C27H24FN3O5. The molecule has 0 N–H and O–H groups in total. The third kappa shape index (κ3) is 4.06. The van der Waals surface area contributed by atoms with Gasteiger partial charge in [-0.05, 0) is 54.3 Å². The van der Waals surface area contributed by atoms with E-state index in [9.17, 15) is 14.0 Å². The lowest BCUT2D eigenvalue weighted by Crippen LogP contribution is -2.31. The van der Waals surface area contributed by atoms with Crippen LogP contribution in [-0.2, 0) is 0 Å². The molecule has 0 radical (unpaired) electrons. The number of ether oxygens (including phenoxy) is 2. The Morgan fingerprint density at radius 1 is 1.08 bits per heavy atom. The lowest BCUT2D eigenvalue weighted by molar-refractivity contribution is 0.0969. The van der Waals surface area contributed by atoms with Crippen LogP contribution in [0.3, 0.4) is 0 Å². The molecule has 5 rings (SSSR count). The number of rotatable bonds is 7. The van der Waals surface area contributed by atoms with Gasteiger partial charge in [0.15, 0.2) is 16.9 Å². The number of hydrogen-bond donors (Lipinski definition) is 0. The summed E-state index contributed by atoms with van der Waals surface area (Å²) in [4.78, 5) is 36.9. The third-order valence-electron chi connectivity index (χ3n) is 6.06. The Morgan fingerprint density at radius 3 is 2.58 bits per heavy atom. The maximum atomic E-state index is 14.0. The molecule has 9 heteroatoms. The number of benzene rings is 2. The van der Waals surface area contributed by atoms with Crippen molar-refractivity contribution < 1.29 is 23.1 Å². The van der Waals surface area contributed by atoms with E-state index in [2.05, 4.69) is 23.8 Å². The number of hydrogen-bond acceptors (Lipinski definition) is 7. The van der Waals surface area contributed by atoms with Crippen LogP contribution in [0.25, 0.3) is 11.0 Å². The van der Waals surface area contributed by atoms with Gasteiger partial charge in [0.25, 0.3) is 5.91 Å². The predicted octanol–water partition coefficient (Wildman–Crippen LogP) is 4.91. The predicted molar refractivity (Wildman–Crippen MR) is 131 cm³/mol. The van der Waals surface area contributed by atoms with E-state index in [1.54, 1.807) is 24.3 Å². The van der Waals surface area contributed by atoms with Crippen LogP contribution in [0.5, 0.6) is 11.5 Å². The van der Waals surface area contributed by atoms with Crippen LogP contribution in [0.4, 0.5) is 10.3 Å². The van der Waals surface area contributed by atoms with Gasteiger partial charge >= 0.3 is 0 Å². The Bertz CT molecular complexity index is 1500. The molecule has 0 saturated carbocycles. The van der Waals surface area contributed by atoms with Crippen molar-refractivity contribution in [3.63, 3.8) is 0 Å². The molecule has 2 aromatic carbocycles. The molecule has 3 heterocycles. The molecule has 1 aliphatic heterocycles. The molecule has 1 aliphatic rings. The highest BCUT2D eigenvalue weighted by molar-refractivity contribution is 6.09. The normalized spacial score (nSPS) is 15.0. The van der Waals surface area contributed by atoms with Crippen molar-refractivity contribution in [1.82, 2.24) is 9.97 Å². The number of anilines is 1. The van der Waals surface area contributed by atoms with Crippen LogP contribution in [0.15, 0.2) is 64.1 Å². The number of nitrogens with zero attached hydrogens (tertiary/aromatic N) is 3. The van der Waals surface area contributed by atoms with E-state index >= 15 is 0 Å². The second-order valence-corrected chi connectivity index (χ2v) is 8.88. The van der Waals surface area contributed by atoms with Gasteiger partial charge in [0.2, 0.25) is 11.7 Å². The zero-order chi connectivity index (χ0) is 25.4. The molecule has 4 aromatic rings. The maximum absolute atomic E-state index is 14.0. The zero-order valence-electron chi connectivity index (χ0n) is 20.0. The summed E-state index contributed by atoms with van der Waals surface area (Å²) in [7, 11) is 1.52.